The molecule has 4 nitrogen and oxygen atoms in total. The average Bonchev–Trinajstić information content (AvgIpc) is 2.50. The highest BCUT2D eigenvalue weighted by atomic mass is 16.5. The minimum absolute atomic E-state index is 0.189. The van der Waals surface area contributed by atoms with Crippen molar-refractivity contribution >= 4 is 11.9 Å². The van der Waals surface area contributed by atoms with Crippen LogP contribution >= 0.6 is 0 Å². The van der Waals surface area contributed by atoms with Gasteiger partial charge in [-0.1, -0.05) is 49.6 Å². The first-order valence-corrected chi connectivity index (χ1v) is 7.07. The average molecular weight is 288 g/mol. The Bertz CT molecular complexity index is 473. The van der Waals surface area contributed by atoms with E-state index >= 15 is 0 Å². The standard InChI is InChI=1S/C17H20O4/c1-2-20-16(18)12-8-3-4-9-13-17(19)21-14-15-10-6-5-7-11-15/h1,5-7,10-11H,3-4,8-9,12-14H2. The zero-order chi connectivity index (χ0) is 15.3. The normalized spacial score (nSPS) is 9.67. The summed E-state index contributed by atoms with van der Waals surface area (Å²) in [5.74, 6) is -0.564. The Kier molecular flexibility index (Phi) is 8.39. The van der Waals surface area contributed by atoms with Crippen LogP contribution in [-0.2, 0) is 25.7 Å². The van der Waals surface area contributed by atoms with Crippen LogP contribution in [0.4, 0.5) is 0 Å². The highest BCUT2D eigenvalue weighted by molar-refractivity contribution is 5.70. The lowest BCUT2D eigenvalue weighted by molar-refractivity contribution is -0.145. The fourth-order valence-electron chi connectivity index (χ4n) is 1.82. The van der Waals surface area contributed by atoms with Gasteiger partial charge in [-0.05, 0) is 18.4 Å². The number of rotatable bonds is 9. The summed E-state index contributed by atoms with van der Waals surface area (Å²) in [4.78, 5) is 22.5. The summed E-state index contributed by atoms with van der Waals surface area (Å²) in [6.45, 7) is 0.317. The van der Waals surface area contributed by atoms with E-state index in [0.717, 1.165) is 31.2 Å². The second-order valence-corrected chi connectivity index (χ2v) is 4.65. The number of benzene rings is 1. The van der Waals surface area contributed by atoms with Crippen LogP contribution in [0, 0.1) is 12.5 Å². The zero-order valence-corrected chi connectivity index (χ0v) is 12.0. The van der Waals surface area contributed by atoms with Crippen LogP contribution < -0.4 is 0 Å². The first-order valence-electron chi connectivity index (χ1n) is 7.07. The van der Waals surface area contributed by atoms with Gasteiger partial charge in [-0.2, -0.15) is 0 Å². The molecule has 0 aliphatic rings. The summed E-state index contributed by atoms with van der Waals surface area (Å²) < 4.78 is 9.54. The van der Waals surface area contributed by atoms with Gasteiger partial charge in [0.15, 0.2) is 0 Å². The van der Waals surface area contributed by atoms with E-state index in [1.165, 1.54) is 0 Å². The Labute approximate surface area is 125 Å². The predicted octanol–water partition coefficient (Wildman–Crippen LogP) is 3.20. The first-order chi connectivity index (χ1) is 10.2. The van der Waals surface area contributed by atoms with Crippen molar-refractivity contribution in [3.8, 4) is 12.5 Å². The van der Waals surface area contributed by atoms with Gasteiger partial charge in [-0.3, -0.25) is 9.59 Å². The molecular formula is C17H20O4. The number of ether oxygens (including phenoxy) is 2. The van der Waals surface area contributed by atoms with Crippen LogP contribution in [0.1, 0.15) is 44.1 Å². The molecule has 0 bridgehead atoms. The molecule has 4 heteroatoms. The van der Waals surface area contributed by atoms with Crippen LogP contribution in [0.2, 0.25) is 0 Å². The molecule has 21 heavy (non-hydrogen) atoms. The summed E-state index contributed by atoms with van der Waals surface area (Å²) in [6, 6.07) is 9.58. The molecule has 1 aromatic carbocycles. The quantitative estimate of drug-likeness (QED) is 0.398. The topological polar surface area (TPSA) is 52.6 Å². The van der Waals surface area contributed by atoms with Gasteiger partial charge >= 0.3 is 11.9 Å². The number of hydrogen-bond acceptors (Lipinski definition) is 4. The second-order valence-electron chi connectivity index (χ2n) is 4.65. The fourth-order valence-corrected chi connectivity index (χ4v) is 1.82. The Morgan fingerprint density at radius 2 is 1.57 bits per heavy atom. The molecule has 1 rings (SSSR count). The van der Waals surface area contributed by atoms with Crippen molar-refractivity contribution in [3.63, 3.8) is 0 Å². The number of hydrogen-bond donors (Lipinski definition) is 0. The molecular weight excluding hydrogens is 268 g/mol. The monoisotopic (exact) mass is 288 g/mol. The SMILES string of the molecule is C#COC(=O)CCCCCCC(=O)OCc1ccccc1. The second kappa shape index (κ2) is 10.5. The van der Waals surface area contributed by atoms with E-state index in [2.05, 4.69) is 4.74 Å². The zero-order valence-electron chi connectivity index (χ0n) is 12.0. The molecule has 0 unspecified atom stereocenters. The number of carbonyl (C=O) groups excluding carboxylic acids is 2. The third-order valence-electron chi connectivity index (χ3n) is 2.93. The fraction of sp³-hybridized carbons (Fsp3) is 0.412. The van der Waals surface area contributed by atoms with E-state index in [1.54, 1.807) is 0 Å². The Balaban J connectivity index is 1.99. The molecule has 0 fully saturated rings. The third kappa shape index (κ3) is 8.48. The van der Waals surface area contributed by atoms with Crippen molar-refractivity contribution in [3.05, 3.63) is 35.9 Å². The van der Waals surface area contributed by atoms with E-state index in [1.807, 2.05) is 36.4 Å². The first kappa shape index (κ1) is 16.8. The van der Waals surface area contributed by atoms with Crippen molar-refractivity contribution < 1.29 is 19.1 Å². The van der Waals surface area contributed by atoms with Crippen LogP contribution in [0.5, 0.6) is 0 Å². The number of carbonyl (C=O) groups is 2. The smallest absolute Gasteiger partial charge is 0.319 e. The van der Waals surface area contributed by atoms with E-state index in [4.69, 9.17) is 11.2 Å². The maximum absolute atomic E-state index is 11.5. The van der Waals surface area contributed by atoms with E-state index in [0.29, 0.717) is 19.4 Å². The molecule has 0 spiro atoms. The molecule has 0 saturated carbocycles. The molecule has 112 valence electrons. The van der Waals surface area contributed by atoms with Crippen molar-refractivity contribution in [1.82, 2.24) is 0 Å². The lowest BCUT2D eigenvalue weighted by atomic mass is 10.1. The minimum atomic E-state index is -0.375. The van der Waals surface area contributed by atoms with Gasteiger partial charge in [-0.15, -0.1) is 0 Å². The molecule has 0 atom stereocenters. The lowest BCUT2D eigenvalue weighted by Crippen LogP contribution is -2.04. The number of esters is 2. The van der Waals surface area contributed by atoms with Gasteiger partial charge < -0.3 is 9.47 Å². The van der Waals surface area contributed by atoms with Crippen LogP contribution in [-0.4, -0.2) is 11.9 Å². The van der Waals surface area contributed by atoms with Crippen LogP contribution in [0.25, 0.3) is 0 Å². The predicted molar refractivity (Wildman–Crippen MR) is 78.9 cm³/mol. The van der Waals surface area contributed by atoms with E-state index in [9.17, 15) is 9.59 Å². The van der Waals surface area contributed by atoms with Gasteiger partial charge in [0.1, 0.15) is 12.7 Å². The summed E-state index contributed by atoms with van der Waals surface area (Å²) in [5, 5.41) is 0. The highest BCUT2D eigenvalue weighted by Crippen LogP contribution is 2.08. The molecule has 0 amide bonds. The molecule has 0 aliphatic carbocycles. The molecule has 0 aromatic heterocycles. The summed E-state index contributed by atoms with van der Waals surface area (Å²) in [5.41, 5.74) is 0.984. The Morgan fingerprint density at radius 3 is 2.19 bits per heavy atom. The molecule has 1 aromatic rings. The van der Waals surface area contributed by atoms with Crippen molar-refractivity contribution in [2.24, 2.45) is 0 Å². The summed E-state index contributed by atoms with van der Waals surface area (Å²) in [7, 11) is 0. The summed E-state index contributed by atoms with van der Waals surface area (Å²) in [6.07, 6.45) is 10.6. The van der Waals surface area contributed by atoms with Gasteiger partial charge in [0, 0.05) is 12.8 Å². The minimum Gasteiger partial charge on any atom is -0.461 e. The molecule has 0 radical (unpaired) electrons. The van der Waals surface area contributed by atoms with Crippen molar-refractivity contribution in [1.29, 1.82) is 0 Å². The number of terminal acetylenes is 1. The third-order valence-corrected chi connectivity index (χ3v) is 2.93. The van der Waals surface area contributed by atoms with Crippen LogP contribution in [0.3, 0.4) is 0 Å². The molecule has 0 aliphatic heterocycles. The molecule has 0 saturated heterocycles. The van der Waals surface area contributed by atoms with Gasteiger partial charge in [0.25, 0.3) is 0 Å². The maximum atomic E-state index is 11.5. The maximum Gasteiger partial charge on any atom is 0.319 e. The Morgan fingerprint density at radius 1 is 0.952 bits per heavy atom. The Hall–Kier alpha value is -2.28. The summed E-state index contributed by atoms with van der Waals surface area (Å²) >= 11 is 0. The number of unbranched alkanes of at least 4 members (excludes halogenated alkanes) is 3. The molecule has 0 heterocycles. The van der Waals surface area contributed by atoms with E-state index in [-0.39, 0.29) is 11.9 Å². The van der Waals surface area contributed by atoms with Gasteiger partial charge in [0.05, 0.1) is 0 Å². The van der Waals surface area contributed by atoms with Crippen LogP contribution in [0.15, 0.2) is 30.3 Å². The van der Waals surface area contributed by atoms with Gasteiger partial charge in [0.2, 0.25) is 0 Å². The van der Waals surface area contributed by atoms with Crippen molar-refractivity contribution in [2.45, 2.75) is 45.1 Å². The largest absolute Gasteiger partial charge is 0.461 e. The molecule has 0 N–H and O–H groups in total. The lowest BCUT2D eigenvalue weighted by Gasteiger charge is -2.04. The highest BCUT2D eigenvalue weighted by Gasteiger charge is 2.04. The van der Waals surface area contributed by atoms with Crippen molar-refractivity contribution in [2.75, 3.05) is 0 Å². The van der Waals surface area contributed by atoms with Gasteiger partial charge in [-0.25, -0.2) is 0 Å². The van der Waals surface area contributed by atoms with E-state index < -0.39 is 0 Å².